The summed E-state index contributed by atoms with van der Waals surface area (Å²) < 4.78 is 58.0. The second kappa shape index (κ2) is 11.1. The smallest absolute Gasteiger partial charge is 0.326 e. The van der Waals surface area contributed by atoms with Gasteiger partial charge in [-0.05, 0) is 68.1 Å². The van der Waals surface area contributed by atoms with Gasteiger partial charge in [-0.1, -0.05) is 18.3 Å². The normalized spacial score (nSPS) is 17.6. The number of aromatic nitrogens is 1. The van der Waals surface area contributed by atoms with Crippen LogP contribution in [0.3, 0.4) is 0 Å². The number of nitrogens with zero attached hydrogens (tertiary/aromatic N) is 3. The number of primary sulfonamides is 1. The summed E-state index contributed by atoms with van der Waals surface area (Å²) in [6.07, 6.45) is 1.79. The van der Waals surface area contributed by atoms with Crippen molar-refractivity contribution in [3.63, 3.8) is 0 Å². The molecule has 0 bridgehead atoms. The first-order valence-corrected chi connectivity index (χ1v) is 15.7. The third-order valence-corrected chi connectivity index (χ3v) is 9.96. The highest BCUT2D eigenvalue weighted by Gasteiger charge is 2.28. The molecule has 1 aromatic heterocycles. The molecule has 0 unspecified atom stereocenters. The zero-order valence-corrected chi connectivity index (χ0v) is 23.3. The molecule has 0 radical (unpaired) electrons. The van der Waals surface area contributed by atoms with Gasteiger partial charge >= 0.3 is 5.97 Å². The van der Waals surface area contributed by atoms with E-state index in [1.807, 2.05) is 6.92 Å². The van der Waals surface area contributed by atoms with Crippen LogP contribution in [0.5, 0.6) is 0 Å². The van der Waals surface area contributed by atoms with E-state index in [0.29, 0.717) is 23.3 Å². The van der Waals surface area contributed by atoms with Crippen LogP contribution in [0.4, 0.5) is 0 Å². The predicted molar refractivity (Wildman–Crippen MR) is 141 cm³/mol. The molecule has 2 aromatic carbocycles. The van der Waals surface area contributed by atoms with Crippen molar-refractivity contribution < 1.29 is 31.2 Å². The van der Waals surface area contributed by atoms with Gasteiger partial charge in [0.2, 0.25) is 20.0 Å². The lowest BCUT2D eigenvalue weighted by molar-refractivity contribution is -0.143. The Morgan fingerprint density at radius 3 is 2.42 bits per heavy atom. The van der Waals surface area contributed by atoms with Crippen molar-refractivity contribution in [2.75, 3.05) is 19.7 Å². The van der Waals surface area contributed by atoms with Gasteiger partial charge in [0.05, 0.1) is 26.6 Å². The molecule has 1 aliphatic rings. The second-order valence-corrected chi connectivity index (χ2v) is 13.5. The van der Waals surface area contributed by atoms with Crippen LogP contribution < -0.4 is 9.94 Å². The summed E-state index contributed by atoms with van der Waals surface area (Å²) in [6.45, 7) is 4.51. The molecule has 4 rings (SSSR count). The van der Waals surface area contributed by atoms with E-state index in [4.69, 9.17) is 9.88 Å². The van der Waals surface area contributed by atoms with Crippen LogP contribution in [-0.2, 0) is 36.1 Å². The molecule has 2 N–H and O–H groups in total. The summed E-state index contributed by atoms with van der Waals surface area (Å²) in [5, 5.41) is 5.24. The molecular weight excluding hydrogens is 552 g/mol. The molecule has 38 heavy (non-hydrogen) atoms. The molecule has 204 valence electrons. The Labute approximate surface area is 224 Å². The molecular formula is C24H28N4O7S3. The number of esters is 1. The predicted octanol–water partition coefficient (Wildman–Crippen LogP) is 2.07. The molecule has 1 fully saturated rings. The van der Waals surface area contributed by atoms with Crippen LogP contribution in [0.15, 0.2) is 57.2 Å². The van der Waals surface area contributed by atoms with Crippen LogP contribution in [0.1, 0.15) is 37.0 Å². The van der Waals surface area contributed by atoms with Crippen molar-refractivity contribution in [1.82, 2.24) is 8.87 Å². The third kappa shape index (κ3) is 6.04. The maximum Gasteiger partial charge on any atom is 0.326 e. The monoisotopic (exact) mass is 580 g/mol. The van der Waals surface area contributed by atoms with Gasteiger partial charge in [0.15, 0.2) is 4.80 Å². The highest BCUT2D eigenvalue weighted by Crippen LogP contribution is 2.24. The molecule has 1 amide bonds. The summed E-state index contributed by atoms with van der Waals surface area (Å²) >= 11 is 1.01. The summed E-state index contributed by atoms with van der Waals surface area (Å²) in [4.78, 5) is 29.5. The highest BCUT2D eigenvalue weighted by atomic mass is 32.2. The first-order chi connectivity index (χ1) is 17.9. The summed E-state index contributed by atoms with van der Waals surface area (Å²) in [6, 6.07) is 9.69. The number of carbonyl (C=O) groups excluding carboxylic acids is 2. The average molecular weight is 581 g/mol. The van der Waals surface area contributed by atoms with Crippen LogP contribution in [0.2, 0.25) is 0 Å². The molecule has 2 heterocycles. The number of fused-ring (bicyclic) bond motifs is 1. The number of benzene rings is 2. The third-order valence-electron chi connectivity index (χ3n) is 6.13. The molecule has 1 saturated heterocycles. The molecule has 14 heteroatoms. The first-order valence-electron chi connectivity index (χ1n) is 11.9. The van der Waals surface area contributed by atoms with E-state index in [2.05, 4.69) is 4.99 Å². The highest BCUT2D eigenvalue weighted by molar-refractivity contribution is 7.89. The van der Waals surface area contributed by atoms with Crippen molar-refractivity contribution in [2.45, 2.75) is 43.0 Å². The van der Waals surface area contributed by atoms with Gasteiger partial charge < -0.3 is 9.30 Å². The van der Waals surface area contributed by atoms with Gasteiger partial charge in [-0.2, -0.15) is 9.30 Å². The van der Waals surface area contributed by atoms with E-state index in [-0.39, 0.29) is 39.2 Å². The topological polar surface area (TPSA) is 158 Å². The molecule has 11 nitrogen and oxygen atoms in total. The Bertz CT molecular complexity index is 1660. The maximum absolute atomic E-state index is 13.0. The number of hydrogen-bond acceptors (Lipinski definition) is 8. The molecule has 0 spiro atoms. The van der Waals surface area contributed by atoms with E-state index in [1.165, 1.54) is 51.3 Å². The van der Waals surface area contributed by atoms with Gasteiger partial charge in [-0.25, -0.2) is 22.0 Å². The minimum absolute atomic E-state index is 0.0953. The van der Waals surface area contributed by atoms with Gasteiger partial charge in [-0.3, -0.25) is 9.59 Å². The van der Waals surface area contributed by atoms with Crippen LogP contribution in [0, 0.1) is 5.92 Å². The largest absolute Gasteiger partial charge is 0.465 e. The van der Waals surface area contributed by atoms with Crippen molar-refractivity contribution in [3.8, 4) is 0 Å². The number of thiazole rings is 1. The Morgan fingerprint density at radius 1 is 1.11 bits per heavy atom. The fourth-order valence-electron chi connectivity index (χ4n) is 4.24. The standard InChI is InChI=1S/C24H28N4O7S3/c1-3-35-22(29)15-28-20-11-10-19(37(25,31)32)13-21(20)36-24(28)26-23(30)17-6-8-18(9-7-17)38(33,34)27-12-4-5-16(2)14-27/h6-11,13,16H,3-5,12,14-15H2,1-2H3,(H2,25,31,32)/t16-/m1/s1. The fraction of sp³-hybridized carbons (Fsp3) is 0.375. The Hall–Kier alpha value is -2.91. The van der Waals surface area contributed by atoms with Crippen LogP contribution in [-0.4, -0.2) is 57.3 Å². The number of sulfonamides is 2. The fourth-order valence-corrected chi connectivity index (χ4v) is 7.52. The number of hydrogen-bond donors (Lipinski definition) is 1. The van der Waals surface area contributed by atoms with Gasteiger partial charge in [0.1, 0.15) is 6.54 Å². The molecule has 1 atom stereocenters. The molecule has 0 aliphatic carbocycles. The van der Waals surface area contributed by atoms with Gasteiger partial charge in [-0.15, -0.1) is 0 Å². The summed E-state index contributed by atoms with van der Waals surface area (Å²) in [7, 11) is -7.64. The maximum atomic E-state index is 13.0. The Balaban J connectivity index is 1.69. The minimum Gasteiger partial charge on any atom is -0.465 e. The lowest BCUT2D eigenvalue weighted by Crippen LogP contribution is -2.39. The zero-order chi connectivity index (χ0) is 27.7. The van der Waals surface area contributed by atoms with E-state index >= 15 is 0 Å². The van der Waals surface area contributed by atoms with E-state index in [0.717, 1.165) is 24.2 Å². The van der Waals surface area contributed by atoms with E-state index < -0.39 is 31.9 Å². The van der Waals surface area contributed by atoms with Gasteiger partial charge in [0, 0.05) is 18.7 Å². The van der Waals surface area contributed by atoms with Crippen molar-refractivity contribution in [3.05, 3.63) is 52.8 Å². The van der Waals surface area contributed by atoms with Crippen molar-refractivity contribution in [2.24, 2.45) is 16.0 Å². The number of nitrogens with two attached hydrogens (primary N) is 1. The Morgan fingerprint density at radius 2 is 1.79 bits per heavy atom. The average Bonchev–Trinajstić information content (AvgIpc) is 3.19. The minimum atomic E-state index is -3.97. The molecule has 0 saturated carbocycles. The van der Waals surface area contributed by atoms with E-state index in [1.54, 1.807) is 6.92 Å². The molecule has 1 aliphatic heterocycles. The number of piperidine rings is 1. The van der Waals surface area contributed by atoms with Crippen molar-refractivity contribution in [1.29, 1.82) is 0 Å². The number of amides is 1. The number of rotatable bonds is 7. The van der Waals surface area contributed by atoms with Gasteiger partial charge in [0.25, 0.3) is 5.91 Å². The quantitative estimate of drug-likeness (QED) is 0.419. The van der Waals surface area contributed by atoms with E-state index in [9.17, 15) is 26.4 Å². The SMILES string of the molecule is CCOC(=O)Cn1c(=NC(=O)c2ccc(S(=O)(=O)N3CCC[C@@H](C)C3)cc2)sc2cc(S(N)(=O)=O)ccc21. The summed E-state index contributed by atoms with van der Waals surface area (Å²) in [5.41, 5.74) is 0.625. The van der Waals surface area contributed by atoms with Crippen LogP contribution in [0.25, 0.3) is 10.2 Å². The Kier molecular flexibility index (Phi) is 8.18. The van der Waals surface area contributed by atoms with Crippen LogP contribution >= 0.6 is 11.3 Å². The summed E-state index contributed by atoms with van der Waals surface area (Å²) in [5.74, 6) is -0.934. The lowest BCUT2D eigenvalue weighted by Gasteiger charge is -2.30. The van der Waals surface area contributed by atoms with Crippen molar-refractivity contribution >= 4 is 53.5 Å². The lowest BCUT2D eigenvalue weighted by atomic mass is 10.0. The zero-order valence-electron chi connectivity index (χ0n) is 20.9. The second-order valence-electron chi connectivity index (χ2n) is 9.00. The first kappa shape index (κ1) is 28.1. The number of carbonyl (C=O) groups is 2. The number of ether oxygens (including phenoxy) is 1. The molecule has 3 aromatic rings.